The maximum atomic E-state index is 12.4. The van der Waals surface area contributed by atoms with Crippen LogP contribution < -0.4 is 25.3 Å². The third-order valence-corrected chi connectivity index (χ3v) is 2.76. The van der Waals surface area contributed by atoms with Gasteiger partial charge >= 0.3 is 6.61 Å². The molecule has 8 heteroatoms. The van der Waals surface area contributed by atoms with Gasteiger partial charge in [-0.2, -0.15) is 8.78 Å². The molecule has 1 aromatic rings. The van der Waals surface area contributed by atoms with Gasteiger partial charge in [-0.15, -0.1) is 0 Å². The number of nitrogens with one attached hydrogen (secondary N) is 1. The Hall–Kier alpha value is -2.09. The Balaban J connectivity index is 2.11. The largest absolute Gasteiger partial charge is 0.454 e. The van der Waals surface area contributed by atoms with E-state index in [1.54, 1.807) is 6.92 Å². The summed E-state index contributed by atoms with van der Waals surface area (Å²) >= 11 is 0. The molecule has 1 aromatic carbocycles. The Morgan fingerprint density at radius 3 is 2.71 bits per heavy atom. The second-order valence-corrected chi connectivity index (χ2v) is 4.65. The molecule has 0 aliphatic carbocycles. The van der Waals surface area contributed by atoms with Crippen LogP contribution in [-0.2, 0) is 11.3 Å². The van der Waals surface area contributed by atoms with Crippen molar-refractivity contribution in [3.63, 3.8) is 0 Å². The quantitative estimate of drug-likeness (QED) is 0.829. The number of carbonyl (C=O) groups excluding carboxylic acids is 1. The zero-order chi connectivity index (χ0) is 15.4. The zero-order valence-corrected chi connectivity index (χ0v) is 11.4. The molecule has 3 N–H and O–H groups in total. The number of benzene rings is 1. The predicted molar refractivity (Wildman–Crippen MR) is 69.3 cm³/mol. The minimum Gasteiger partial charge on any atom is -0.454 e. The summed E-state index contributed by atoms with van der Waals surface area (Å²) in [6, 6.07) is 2.55. The van der Waals surface area contributed by atoms with Crippen LogP contribution in [0.3, 0.4) is 0 Å². The first-order valence-electron chi connectivity index (χ1n) is 6.35. The zero-order valence-electron chi connectivity index (χ0n) is 11.4. The number of carbonyl (C=O) groups is 1. The summed E-state index contributed by atoms with van der Waals surface area (Å²) in [5.41, 5.74) is 5.88. The number of ether oxygens (including phenoxy) is 3. The van der Waals surface area contributed by atoms with E-state index in [0.29, 0.717) is 17.1 Å². The summed E-state index contributed by atoms with van der Waals surface area (Å²) in [6.45, 7) is -1.22. The number of hydrogen-bond acceptors (Lipinski definition) is 5. The van der Waals surface area contributed by atoms with Gasteiger partial charge in [-0.25, -0.2) is 0 Å². The Bertz CT molecular complexity index is 523. The number of fused-ring (bicyclic) bond motifs is 1. The number of alkyl halides is 2. The molecule has 1 atom stereocenters. The smallest absolute Gasteiger partial charge is 0.387 e. The van der Waals surface area contributed by atoms with Gasteiger partial charge in [0.15, 0.2) is 11.5 Å². The van der Waals surface area contributed by atoms with Crippen molar-refractivity contribution < 1.29 is 27.8 Å². The standard InChI is InChI=1S/C13H16F2N2O4/c1-7(16)2-12(18)17-5-8-3-10-11(20-6-19-10)4-9(8)21-13(14)15/h3-4,7,13H,2,5-6,16H2,1H3,(H,17,18)/t7-/m0/s1. The highest BCUT2D eigenvalue weighted by atomic mass is 19.3. The van der Waals surface area contributed by atoms with Gasteiger partial charge < -0.3 is 25.3 Å². The highest BCUT2D eigenvalue weighted by Crippen LogP contribution is 2.38. The summed E-state index contributed by atoms with van der Waals surface area (Å²) in [5.74, 6) is 0.422. The fraction of sp³-hybridized carbons (Fsp3) is 0.462. The summed E-state index contributed by atoms with van der Waals surface area (Å²) in [4.78, 5) is 11.6. The van der Waals surface area contributed by atoms with Gasteiger partial charge in [0, 0.05) is 30.6 Å². The van der Waals surface area contributed by atoms with E-state index >= 15 is 0 Å². The van der Waals surface area contributed by atoms with E-state index in [1.165, 1.54) is 12.1 Å². The molecular formula is C13H16F2N2O4. The van der Waals surface area contributed by atoms with Crippen LogP contribution in [0.4, 0.5) is 8.78 Å². The summed E-state index contributed by atoms with van der Waals surface area (Å²) in [7, 11) is 0. The molecule has 0 saturated carbocycles. The Morgan fingerprint density at radius 2 is 2.10 bits per heavy atom. The normalized spacial score (nSPS) is 14.1. The second kappa shape index (κ2) is 6.57. The minimum atomic E-state index is -2.97. The van der Waals surface area contributed by atoms with Crippen LogP contribution in [0.5, 0.6) is 17.2 Å². The number of hydrogen-bond donors (Lipinski definition) is 2. The van der Waals surface area contributed by atoms with Crippen molar-refractivity contribution in [3.8, 4) is 17.2 Å². The lowest BCUT2D eigenvalue weighted by Crippen LogP contribution is -2.29. The van der Waals surface area contributed by atoms with Gasteiger partial charge in [-0.1, -0.05) is 0 Å². The van der Waals surface area contributed by atoms with Crippen LogP contribution in [0.2, 0.25) is 0 Å². The minimum absolute atomic E-state index is 0.0178. The van der Waals surface area contributed by atoms with Gasteiger partial charge in [0.1, 0.15) is 5.75 Å². The van der Waals surface area contributed by atoms with Gasteiger partial charge in [0.05, 0.1) is 0 Å². The molecule has 0 bridgehead atoms. The van der Waals surface area contributed by atoms with E-state index in [0.717, 1.165) is 0 Å². The number of rotatable bonds is 6. The van der Waals surface area contributed by atoms with Crippen molar-refractivity contribution in [2.45, 2.75) is 32.5 Å². The van der Waals surface area contributed by atoms with Crippen molar-refractivity contribution in [1.29, 1.82) is 0 Å². The molecule has 1 heterocycles. The summed E-state index contributed by atoms with van der Waals surface area (Å²) in [5, 5.41) is 2.59. The molecule has 1 aliphatic rings. The fourth-order valence-corrected chi connectivity index (χ4v) is 1.87. The SMILES string of the molecule is C[C@H](N)CC(=O)NCc1cc2c(cc1OC(F)F)OCO2. The lowest BCUT2D eigenvalue weighted by molar-refractivity contribution is -0.121. The van der Waals surface area contributed by atoms with E-state index in [2.05, 4.69) is 10.1 Å². The van der Waals surface area contributed by atoms with Crippen molar-refractivity contribution in [3.05, 3.63) is 17.7 Å². The Morgan fingerprint density at radius 1 is 1.43 bits per heavy atom. The molecule has 2 rings (SSSR count). The topological polar surface area (TPSA) is 82.8 Å². The first-order chi connectivity index (χ1) is 9.95. The first kappa shape index (κ1) is 15.3. The lowest BCUT2D eigenvalue weighted by Gasteiger charge is -2.13. The van der Waals surface area contributed by atoms with Gasteiger partial charge in [0.2, 0.25) is 12.7 Å². The van der Waals surface area contributed by atoms with Crippen LogP contribution in [0.15, 0.2) is 12.1 Å². The molecule has 0 saturated heterocycles. The Labute approximate surface area is 120 Å². The van der Waals surface area contributed by atoms with E-state index in [-0.39, 0.29) is 37.5 Å². The molecule has 0 aromatic heterocycles. The van der Waals surface area contributed by atoms with Gasteiger partial charge in [-0.05, 0) is 13.0 Å². The number of halogens is 2. The van der Waals surface area contributed by atoms with Crippen molar-refractivity contribution in [1.82, 2.24) is 5.32 Å². The van der Waals surface area contributed by atoms with E-state index in [4.69, 9.17) is 15.2 Å². The highest BCUT2D eigenvalue weighted by Gasteiger charge is 2.20. The Kier molecular flexibility index (Phi) is 4.79. The second-order valence-electron chi connectivity index (χ2n) is 4.65. The molecule has 0 spiro atoms. The van der Waals surface area contributed by atoms with E-state index in [9.17, 15) is 13.6 Å². The average molecular weight is 302 g/mol. The molecule has 6 nitrogen and oxygen atoms in total. The maximum Gasteiger partial charge on any atom is 0.387 e. The van der Waals surface area contributed by atoms with Crippen LogP contribution in [0.25, 0.3) is 0 Å². The van der Waals surface area contributed by atoms with Crippen LogP contribution in [0.1, 0.15) is 18.9 Å². The molecule has 0 radical (unpaired) electrons. The highest BCUT2D eigenvalue weighted by molar-refractivity contribution is 5.76. The third-order valence-electron chi connectivity index (χ3n) is 2.76. The van der Waals surface area contributed by atoms with Crippen molar-refractivity contribution in [2.24, 2.45) is 5.73 Å². The number of amides is 1. The molecule has 1 amide bonds. The first-order valence-corrected chi connectivity index (χ1v) is 6.35. The fourth-order valence-electron chi connectivity index (χ4n) is 1.87. The third kappa shape index (κ3) is 4.19. The number of nitrogens with two attached hydrogens (primary N) is 1. The molecule has 0 unspecified atom stereocenters. The predicted octanol–water partition coefficient (Wildman–Crippen LogP) is 1.37. The maximum absolute atomic E-state index is 12.4. The lowest BCUT2D eigenvalue weighted by atomic mass is 10.1. The average Bonchev–Trinajstić information content (AvgIpc) is 2.81. The van der Waals surface area contributed by atoms with E-state index in [1.807, 2.05) is 0 Å². The summed E-state index contributed by atoms with van der Waals surface area (Å²) in [6.07, 6.45) is 0.148. The van der Waals surface area contributed by atoms with Crippen LogP contribution in [-0.4, -0.2) is 25.4 Å². The van der Waals surface area contributed by atoms with Crippen molar-refractivity contribution >= 4 is 5.91 Å². The molecule has 0 fully saturated rings. The molecular weight excluding hydrogens is 286 g/mol. The van der Waals surface area contributed by atoms with Gasteiger partial charge in [0.25, 0.3) is 0 Å². The monoisotopic (exact) mass is 302 g/mol. The summed E-state index contributed by atoms with van der Waals surface area (Å²) < 4.78 is 39.6. The van der Waals surface area contributed by atoms with Crippen molar-refractivity contribution in [2.75, 3.05) is 6.79 Å². The molecule has 116 valence electrons. The molecule has 21 heavy (non-hydrogen) atoms. The van der Waals surface area contributed by atoms with Crippen LogP contribution >= 0.6 is 0 Å². The van der Waals surface area contributed by atoms with E-state index < -0.39 is 6.61 Å². The van der Waals surface area contributed by atoms with Gasteiger partial charge in [-0.3, -0.25) is 4.79 Å². The molecule has 1 aliphatic heterocycles. The van der Waals surface area contributed by atoms with Crippen LogP contribution in [0, 0.1) is 0 Å².